The summed E-state index contributed by atoms with van der Waals surface area (Å²) >= 11 is 0. The maximum atomic E-state index is 12.8. The zero-order valence-corrected chi connectivity index (χ0v) is 14.9. The van der Waals surface area contributed by atoms with Gasteiger partial charge < -0.3 is 9.73 Å². The van der Waals surface area contributed by atoms with Gasteiger partial charge in [0.15, 0.2) is 0 Å². The van der Waals surface area contributed by atoms with Gasteiger partial charge >= 0.3 is 5.63 Å². The second kappa shape index (κ2) is 5.47. The number of amides is 1. The van der Waals surface area contributed by atoms with Gasteiger partial charge in [0.2, 0.25) is 0 Å². The molecule has 0 spiro atoms. The highest BCUT2D eigenvalue weighted by atomic mass is 16.4. The summed E-state index contributed by atoms with van der Waals surface area (Å²) in [6.45, 7) is 5.67. The van der Waals surface area contributed by atoms with Crippen LogP contribution in [0.2, 0.25) is 0 Å². The molecule has 1 aromatic rings. The van der Waals surface area contributed by atoms with Gasteiger partial charge in [0.1, 0.15) is 5.76 Å². The topological polar surface area (TPSA) is 59.3 Å². The van der Waals surface area contributed by atoms with Gasteiger partial charge in [-0.05, 0) is 88.0 Å². The summed E-state index contributed by atoms with van der Waals surface area (Å²) in [5, 5.41) is 3.25. The minimum atomic E-state index is -0.393. The average molecular weight is 329 g/mol. The normalized spacial score (nSPS) is 35.0. The van der Waals surface area contributed by atoms with Crippen molar-refractivity contribution < 1.29 is 9.21 Å². The lowest BCUT2D eigenvalue weighted by molar-refractivity contribution is -0.0688. The largest absolute Gasteiger partial charge is 0.427 e. The minimum Gasteiger partial charge on any atom is -0.427 e. The summed E-state index contributed by atoms with van der Waals surface area (Å²) in [6.07, 6.45) is 8.01. The van der Waals surface area contributed by atoms with Crippen LogP contribution in [-0.2, 0) is 0 Å². The number of nitrogens with one attached hydrogen (secondary N) is 1. The lowest BCUT2D eigenvalue weighted by Gasteiger charge is -2.59. The lowest BCUT2D eigenvalue weighted by Crippen LogP contribution is -2.55. The van der Waals surface area contributed by atoms with E-state index in [1.54, 1.807) is 13.8 Å². The number of aryl methyl sites for hydroxylation is 2. The fraction of sp³-hybridized carbons (Fsp3) is 0.700. The summed E-state index contributed by atoms with van der Waals surface area (Å²) in [4.78, 5) is 24.3. The van der Waals surface area contributed by atoms with E-state index in [9.17, 15) is 9.59 Å². The smallest absolute Gasteiger partial charge is 0.336 e. The second-order valence-electron chi connectivity index (χ2n) is 8.65. The Balaban J connectivity index is 1.55. The quantitative estimate of drug-likeness (QED) is 0.922. The Bertz CT molecular complexity index is 671. The highest BCUT2D eigenvalue weighted by molar-refractivity contribution is 5.96. The fourth-order valence-electron chi connectivity index (χ4n) is 6.23. The molecule has 0 saturated heterocycles. The van der Waals surface area contributed by atoms with Crippen LogP contribution in [-0.4, -0.2) is 11.9 Å². The highest BCUT2D eigenvalue weighted by Gasteiger charge is 2.53. The van der Waals surface area contributed by atoms with Gasteiger partial charge in [-0.1, -0.05) is 0 Å². The van der Waals surface area contributed by atoms with Crippen molar-refractivity contribution in [3.05, 3.63) is 33.4 Å². The summed E-state index contributed by atoms with van der Waals surface area (Å²) in [5.74, 6) is 2.92. The Hall–Kier alpha value is -1.58. The van der Waals surface area contributed by atoms with E-state index in [0.29, 0.717) is 16.9 Å². The predicted octanol–water partition coefficient (Wildman–Crippen LogP) is 3.59. The van der Waals surface area contributed by atoms with Crippen LogP contribution in [0.15, 0.2) is 15.3 Å². The van der Waals surface area contributed by atoms with Gasteiger partial charge in [0, 0.05) is 12.1 Å². The number of carbonyl (C=O) groups excluding carboxylic acids is 1. The third kappa shape index (κ3) is 2.51. The number of hydrogen-bond donors (Lipinski definition) is 1. The van der Waals surface area contributed by atoms with Crippen LogP contribution < -0.4 is 10.9 Å². The van der Waals surface area contributed by atoms with Crippen molar-refractivity contribution in [1.29, 1.82) is 0 Å². The molecular formula is C20H27NO3. The van der Waals surface area contributed by atoms with E-state index in [-0.39, 0.29) is 17.4 Å². The molecular weight excluding hydrogens is 302 g/mol. The molecule has 4 fully saturated rings. The summed E-state index contributed by atoms with van der Waals surface area (Å²) < 4.78 is 5.12. The number of carbonyl (C=O) groups is 1. The van der Waals surface area contributed by atoms with E-state index < -0.39 is 5.63 Å². The first kappa shape index (κ1) is 15.9. The zero-order chi connectivity index (χ0) is 17.1. The lowest BCUT2D eigenvalue weighted by atomic mass is 9.48. The molecule has 1 N–H and O–H groups in total. The number of rotatable bonds is 3. The van der Waals surface area contributed by atoms with Gasteiger partial charge in [0.25, 0.3) is 5.91 Å². The van der Waals surface area contributed by atoms with E-state index >= 15 is 0 Å². The van der Waals surface area contributed by atoms with Crippen molar-refractivity contribution in [3.8, 4) is 0 Å². The molecule has 4 saturated carbocycles. The van der Waals surface area contributed by atoms with Gasteiger partial charge in [-0.2, -0.15) is 0 Å². The molecule has 4 aliphatic carbocycles. The molecule has 4 nitrogen and oxygen atoms in total. The minimum absolute atomic E-state index is 0.100. The molecule has 0 radical (unpaired) electrons. The van der Waals surface area contributed by atoms with Crippen molar-refractivity contribution >= 4 is 5.91 Å². The monoisotopic (exact) mass is 329 g/mol. The van der Waals surface area contributed by atoms with Crippen molar-refractivity contribution in [1.82, 2.24) is 5.32 Å². The molecule has 24 heavy (non-hydrogen) atoms. The van der Waals surface area contributed by atoms with Crippen LogP contribution in [0.5, 0.6) is 0 Å². The van der Waals surface area contributed by atoms with E-state index in [1.807, 2.05) is 0 Å². The van der Waals surface area contributed by atoms with Crippen molar-refractivity contribution in [2.75, 3.05) is 0 Å². The standard InChI is InChI=1S/C20H27NO3/c1-11-4-17(22)24-12(2)18(11)19(23)21-13(3)20-8-14-5-15(9-20)7-16(6-14)10-20/h4,13-16H,5-10H2,1-3H3,(H,21,23)/t13-,14?,15?,16?,20?/m1/s1. The highest BCUT2D eigenvalue weighted by Crippen LogP contribution is 2.61. The van der Waals surface area contributed by atoms with Gasteiger partial charge in [-0.3, -0.25) is 4.79 Å². The third-order valence-corrected chi connectivity index (χ3v) is 6.91. The van der Waals surface area contributed by atoms with Crippen LogP contribution in [0.3, 0.4) is 0 Å². The van der Waals surface area contributed by atoms with E-state index in [4.69, 9.17) is 4.42 Å². The molecule has 4 heteroatoms. The SMILES string of the molecule is Cc1cc(=O)oc(C)c1C(=O)N[C@H](C)C12CC3CC(CC(C3)C1)C2. The van der Waals surface area contributed by atoms with Crippen LogP contribution in [0, 0.1) is 37.0 Å². The van der Waals surface area contributed by atoms with Crippen molar-refractivity contribution in [2.24, 2.45) is 23.2 Å². The zero-order valence-electron chi connectivity index (χ0n) is 14.9. The summed E-state index contributed by atoms with van der Waals surface area (Å²) in [7, 11) is 0. The van der Waals surface area contributed by atoms with Crippen LogP contribution in [0.4, 0.5) is 0 Å². The Morgan fingerprint density at radius 3 is 2.21 bits per heavy atom. The predicted molar refractivity (Wildman–Crippen MR) is 92.0 cm³/mol. The number of hydrogen-bond acceptors (Lipinski definition) is 3. The molecule has 1 heterocycles. The molecule has 4 aliphatic rings. The van der Waals surface area contributed by atoms with Crippen LogP contribution >= 0.6 is 0 Å². The first-order chi connectivity index (χ1) is 11.4. The third-order valence-electron chi connectivity index (χ3n) is 6.91. The van der Waals surface area contributed by atoms with E-state index in [0.717, 1.165) is 17.8 Å². The van der Waals surface area contributed by atoms with Gasteiger partial charge in [-0.25, -0.2) is 4.79 Å². The van der Waals surface area contributed by atoms with Crippen LogP contribution in [0.25, 0.3) is 0 Å². The Labute approximate surface area is 143 Å². The Kier molecular flexibility index (Phi) is 3.63. The summed E-state index contributed by atoms with van der Waals surface area (Å²) in [6, 6.07) is 1.57. The van der Waals surface area contributed by atoms with E-state index in [2.05, 4.69) is 12.2 Å². The molecule has 0 unspecified atom stereocenters. The molecule has 130 valence electrons. The average Bonchev–Trinajstić information content (AvgIpc) is 2.44. The van der Waals surface area contributed by atoms with Crippen molar-refractivity contribution in [3.63, 3.8) is 0 Å². The molecule has 1 amide bonds. The molecule has 1 aromatic heterocycles. The Morgan fingerprint density at radius 2 is 1.71 bits per heavy atom. The molecule has 1 atom stereocenters. The molecule has 4 bridgehead atoms. The summed E-state index contributed by atoms with van der Waals surface area (Å²) in [5.41, 5.74) is 1.10. The fourth-order valence-corrected chi connectivity index (χ4v) is 6.23. The Morgan fingerprint density at radius 1 is 1.17 bits per heavy atom. The molecule has 5 rings (SSSR count). The second-order valence-corrected chi connectivity index (χ2v) is 8.65. The van der Waals surface area contributed by atoms with Crippen LogP contribution in [0.1, 0.15) is 67.1 Å². The first-order valence-electron chi connectivity index (χ1n) is 9.28. The maximum Gasteiger partial charge on any atom is 0.336 e. The maximum absolute atomic E-state index is 12.8. The molecule has 0 aromatic carbocycles. The van der Waals surface area contributed by atoms with Crippen molar-refractivity contribution in [2.45, 2.75) is 65.3 Å². The van der Waals surface area contributed by atoms with E-state index in [1.165, 1.54) is 44.6 Å². The first-order valence-corrected chi connectivity index (χ1v) is 9.28. The van der Waals surface area contributed by atoms with Gasteiger partial charge in [0.05, 0.1) is 5.56 Å². The molecule has 0 aliphatic heterocycles. The van der Waals surface area contributed by atoms with Gasteiger partial charge in [-0.15, -0.1) is 0 Å².